The molecule has 6 heteroatoms. The zero-order chi connectivity index (χ0) is 14.7. The molecule has 6 nitrogen and oxygen atoms in total. The third-order valence-electron chi connectivity index (χ3n) is 4.08. The van der Waals surface area contributed by atoms with E-state index >= 15 is 0 Å². The van der Waals surface area contributed by atoms with Gasteiger partial charge in [-0.05, 0) is 24.3 Å². The highest BCUT2D eigenvalue weighted by Crippen LogP contribution is 2.40. The normalized spacial score (nSPS) is 17.3. The third kappa shape index (κ3) is 3.45. The van der Waals surface area contributed by atoms with Crippen LogP contribution in [0.25, 0.3) is 0 Å². The van der Waals surface area contributed by atoms with Crippen molar-refractivity contribution in [2.45, 2.75) is 31.6 Å². The number of carbonyl (C=O) groups is 1. The molecule has 2 N–H and O–H groups in total. The first kappa shape index (κ1) is 13.7. The molecule has 2 unspecified atom stereocenters. The van der Waals surface area contributed by atoms with E-state index in [2.05, 4.69) is 20.6 Å². The first-order chi connectivity index (χ1) is 10.2. The van der Waals surface area contributed by atoms with Crippen molar-refractivity contribution < 1.29 is 9.90 Å². The van der Waals surface area contributed by atoms with Crippen molar-refractivity contribution in [3.8, 4) is 0 Å². The minimum atomic E-state index is -0.771. The largest absolute Gasteiger partial charge is 0.481 e. The molecule has 0 saturated heterocycles. The van der Waals surface area contributed by atoms with Gasteiger partial charge >= 0.3 is 5.97 Å². The minimum Gasteiger partial charge on any atom is -0.481 e. The van der Waals surface area contributed by atoms with Crippen LogP contribution in [0.4, 0.5) is 0 Å². The maximum atomic E-state index is 11.7. The van der Waals surface area contributed by atoms with Crippen molar-refractivity contribution in [1.82, 2.24) is 20.6 Å². The molecule has 1 aliphatic rings. The van der Waals surface area contributed by atoms with Gasteiger partial charge in [0.25, 0.3) is 0 Å². The molecule has 1 heterocycles. The number of H-pyrrole nitrogens is 1. The van der Waals surface area contributed by atoms with E-state index in [-0.39, 0.29) is 5.92 Å². The fourth-order valence-electron chi connectivity index (χ4n) is 2.76. The Kier molecular flexibility index (Phi) is 3.94. The smallest absolute Gasteiger partial charge is 0.307 e. The lowest BCUT2D eigenvalue weighted by Gasteiger charge is -2.21. The number of hydrogen-bond acceptors (Lipinski definition) is 4. The third-order valence-corrected chi connectivity index (χ3v) is 4.08. The molecule has 2 atom stereocenters. The van der Waals surface area contributed by atoms with Crippen LogP contribution >= 0.6 is 0 Å². The standard InChI is InChI=1S/C15H18N4O2/c20-15(21)13(9-11-6-7-11)12(14-16-18-19-17-14)8-10-4-2-1-3-5-10/h1-5,11-13H,6-9H2,(H,20,21)(H,16,17,18,19). The van der Waals surface area contributed by atoms with Crippen LogP contribution in [0.15, 0.2) is 30.3 Å². The highest BCUT2D eigenvalue weighted by molar-refractivity contribution is 5.71. The summed E-state index contributed by atoms with van der Waals surface area (Å²) in [5, 5.41) is 23.7. The van der Waals surface area contributed by atoms with E-state index in [0.717, 1.165) is 18.4 Å². The monoisotopic (exact) mass is 286 g/mol. The van der Waals surface area contributed by atoms with E-state index in [1.807, 2.05) is 30.3 Å². The van der Waals surface area contributed by atoms with Crippen LogP contribution in [0.3, 0.4) is 0 Å². The molecule has 21 heavy (non-hydrogen) atoms. The Morgan fingerprint density at radius 3 is 2.67 bits per heavy atom. The molecular formula is C15H18N4O2. The second-order valence-electron chi connectivity index (χ2n) is 5.69. The van der Waals surface area contributed by atoms with Crippen molar-refractivity contribution in [2.24, 2.45) is 11.8 Å². The highest BCUT2D eigenvalue weighted by atomic mass is 16.4. The van der Waals surface area contributed by atoms with Crippen molar-refractivity contribution >= 4 is 5.97 Å². The van der Waals surface area contributed by atoms with Gasteiger partial charge in [-0.2, -0.15) is 5.21 Å². The van der Waals surface area contributed by atoms with Gasteiger partial charge in [-0.3, -0.25) is 4.79 Å². The maximum absolute atomic E-state index is 11.7. The number of aromatic nitrogens is 4. The van der Waals surface area contributed by atoms with Crippen LogP contribution in [-0.4, -0.2) is 31.7 Å². The van der Waals surface area contributed by atoms with Gasteiger partial charge in [-0.25, -0.2) is 0 Å². The summed E-state index contributed by atoms with van der Waals surface area (Å²) in [5.41, 5.74) is 1.09. The predicted octanol–water partition coefficient (Wildman–Crippen LogP) is 2.03. The van der Waals surface area contributed by atoms with E-state index in [9.17, 15) is 9.90 Å². The molecule has 110 valence electrons. The molecule has 1 fully saturated rings. The van der Waals surface area contributed by atoms with E-state index in [1.54, 1.807) is 0 Å². The van der Waals surface area contributed by atoms with Gasteiger partial charge < -0.3 is 5.11 Å². The number of nitrogens with one attached hydrogen (secondary N) is 1. The van der Waals surface area contributed by atoms with Crippen LogP contribution in [0, 0.1) is 11.8 Å². The fourth-order valence-corrected chi connectivity index (χ4v) is 2.76. The lowest BCUT2D eigenvalue weighted by molar-refractivity contribution is -0.143. The van der Waals surface area contributed by atoms with Crippen LogP contribution < -0.4 is 0 Å². The molecular weight excluding hydrogens is 268 g/mol. The molecule has 3 rings (SSSR count). The summed E-state index contributed by atoms with van der Waals surface area (Å²) in [6, 6.07) is 9.87. The number of hydrogen-bond donors (Lipinski definition) is 2. The second-order valence-corrected chi connectivity index (χ2v) is 5.69. The number of benzene rings is 1. The fraction of sp³-hybridized carbons (Fsp3) is 0.467. The maximum Gasteiger partial charge on any atom is 0.307 e. The molecule has 0 amide bonds. The van der Waals surface area contributed by atoms with Gasteiger partial charge in [0.1, 0.15) is 0 Å². The predicted molar refractivity (Wildman–Crippen MR) is 75.5 cm³/mol. The number of nitrogens with zero attached hydrogens (tertiary/aromatic N) is 3. The zero-order valence-corrected chi connectivity index (χ0v) is 11.6. The minimum absolute atomic E-state index is 0.246. The van der Waals surface area contributed by atoms with E-state index in [4.69, 9.17) is 0 Å². The van der Waals surface area contributed by atoms with Crippen LogP contribution in [0.5, 0.6) is 0 Å². The summed E-state index contributed by atoms with van der Waals surface area (Å²) in [7, 11) is 0. The number of aromatic amines is 1. The quantitative estimate of drug-likeness (QED) is 0.812. The molecule has 0 spiro atoms. The van der Waals surface area contributed by atoms with Crippen molar-refractivity contribution in [2.75, 3.05) is 0 Å². The highest BCUT2D eigenvalue weighted by Gasteiger charge is 2.37. The number of carboxylic acid groups (broad SMARTS) is 1. The van der Waals surface area contributed by atoms with Crippen molar-refractivity contribution in [3.63, 3.8) is 0 Å². The van der Waals surface area contributed by atoms with Gasteiger partial charge in [0.15, 0.2) is 5.82 Å². The van der Waals surface area contributed by atoms with Crippen LogP contribution in [-0.2, 0) is 11.2 Å². The Bertz CT molecular complexity index is 581. The van der Waals surface area contributed by atoms with Gasteiger partial charge in [-0.15, -0.1) is 10.2 Å². The molecule has 1 aromatic heterocycles. The van der Waals surface area contributed by atoms with Crippen molar-refractivity contribution in [1.29, 1.82) is 0 Å². The Hall–Kier alpha value is -2.24. The Labute approximate surface area is 122 Å². The first-order valence-corrected chi connectivity index (χ1v) is 7.24. The molecule has 1 saturated carbocycles. The van der Waals surface area contributed by atoms with Gasteiger partial charge in [0, 0.05) is 5.92 Å². The lowest BCUT2D eigenvalue weighted by atomic mass is 9.83. The second kappa shape index (κ2) is 6.03. The summed E-state index contributed by atoms with van der Waals surface area (Å²) in [4.78, 5) is 11.7. The van der Waals surface area contributed by atoms with Crippen LogP contribution in [0.2, 0.25) is 0 Å². The van der Waals surface area contributed by atoms with Gasteiger partial charge in [0.05, 0.1) is 5.92 Å². The number of rotatable bonds is 7. The zero-order valence-electron chi connectivity index (χ0n) is 11.6. The Morgan fingerprint density at radius 1 is 1.33 bits per heavy atom. The molecule has 2 aromatic rings. The van der Waals surface area contributed by atoms with Gasteiger partial charge in [0.2, 0.25) is 0 Å². The first-order valence-electron chi connectivity index (χ1n) is 7.24. The molecule has 1 aliphatic carbocycles. The van der Waals surface area contributed by atoms with E-state index in [1.165, 1.54) is 0 Å². The topological polar surface area (TPSA) is 91.8 Å². The van der Waals surface area contributed by atoms with Crippen LogP contribution in [0.1, 0.15) is 36.6 Å². The average Bonchev–Trinajstić information content (AvgIpc) is 3.14. The average molecular weight is 286 g/mol. The SMILES string of the molecule is O=C(O)C(CC1CC1)C(Cc1ccccc1)c1nn[nH]n1. The number of carboxylic acids is 1. The summed E-state index contributed by atoms with van der Waals surface area (Å²) in [6.45, 7) is 0. The Morgan fingerprint density at radius 2 is 2.10 bits per heavy atom. The van der Waals surface area contributed by atoms with Crippen molar-refractivity contribution in [3.05, 3.63) is 41.7 Å². The Balaban J connectivity index is 1.85. The summed E-state index contributed by atoms with van der Waals surface area (Å²) in [6.07, 6.45) is 3.58. The summed E-state index contributed by atoms with van der Waals surface area (Å²) in [5.74, 6) is -0.449. The van der Waals surface area contributed by atoms with E-state index in [0.29, 0.717) is 24.6 Å². The molecule has 0 radical (unpaired) electrons. The summed E-state index contributed by atoms with van der Waals surface area (Å²) < 4.78 is 0. The molecule has 0 aliphatic heterocycles. The molecule has 1 aromatic carbocycles. The number of tetrazole rings is 1. The lowest BCUT2D eigenvalue weighted by Crippen LogP contribution is -2.25. The molecule has 0 bridgehead atoms. The summed E-state index contributed by atoms with van der Waals surface area (Å²) >= 11 is 0. The van der Waals surface area contributed by atoms with E-state index < -0.39 is 11.9 Å². The number of aliphatic carboxylic acids is 1. The van der Waals surface area contributed by atoms with Gasteiger partial charge in [-0.1, -0.05) is 48.4 Å².